The third-order valence-electron chi connectivity index (χ3n) is 7.82. The lowest BCUT2D eigenvalue weighted by Crippen LogP contribution is -2.04. The minimum Gasteiger partial charge on any atom is -0.507 e. The number of benzene rings is 4. The first-order chi connectivity index (χ1) is 16.5. The Kier molecular flexibility index (Phi) is 7.46. The molecule has 0 bridgehead atoms. The zero-order chi connectivity index (χ0) is 24.2. The molecule has 0 spiro atoms. The average molecular weight is 455 g/mol. The predicted molar refractivity (Wildman–Crippen MR) is 146 cm³/mol. The fraction of sp³-hybridized carbons (Fsp3) is 0.375. The fourth-order valence-electron chi connectivity index (χ4n) is 5.40. The molecule has 2 nitrogen and oxygen atoms in total. The second kappa shape index (κ2) is 10.5. The third-order valence-corrected chi connectivity index (χ3v) is 7.82. The van der Waals surface area contributed by atoms with Gasteiger partial charge in [-0.1, -0.05) is 102 Å². The van der Waals surface area contributed by atoms with Crippen LogP contribution in [-0.2, 0) is 12.8 Å². The van der Waals surface area contributed by atoms with Gasteiger partial charge in [0.1, 0.15) is 11.5 Å². The summed E-state index contributed by atoms with van der Waals surface area (Å²) in [5.41, 5.74) is 3.94. The Hall–Kier alpha value is -3.00. The SMILES string of the molecule is CCC(CC)Cc1cc(-c2cc(CC(CC)CC)c3ccccc3c2O)c(O)c2ccccc12. The highest BCUT2D eigenvalue weighted by Crippen LogP contribution is 2.45. The van der Waals surface area contributed by atoms with E-state index in [1.54, 1.807) is 0 Å². The Morgan fingerprint density at radius 3 is 1.18 bits per heavy atom. The van der Waals surface area contributed by atoms with Gasteiger partial charge in [0.15, 0.2) is 0 Å². The quantitative estimate of drug-likeness (QED) is 0.265. The van der Waals surface area contributed by atoms with E-state index in [-0.39, 0.29) is 11.5 Å². The number of fused-ring (bicyclic) bond motifs is 2. The first-order valence-electron chi connectivity index (χ1n) is 13.0. The summed E-state index contributed by atoms with van der Waals surface area (Å²) in [7, 11) is 0. The third kappa shape index (κ3) is 4.51. The Bertz CT molecular complexity index is 1180. The lowest BCUT2D eigenvalue weighted by Gasteiger charge is -2.20. The van der Waals surface area contributed by atoms with Crippen LogP contribution in [0.15, 0.2) is 60.7 Å². The van der Waals surface area contributed by atoms with Gasteiger partial charge in [-0.2, -0.15) is 0 Å². The van der Waals surface area contributed by atoms with Gasteiger partial charge in [0.25, 0.3) is 0 Å². The highest BCUT2D eigenvalue weighted by atomic mass is 16.3. The summed E-state index contributed by atoms with van der Waals surface area (Å²) in [6.45, 7) is 8.99. The topological polar surface area (TPSA) is 40.5 Å². The summed E-state index contributed by atoms with van der Waals surface area (Å²) >= 11 is 0. The first-order valence-corrected chi connectivity index (χ1v) is 13.0. The number of rotatable bonds is 9. The molecular weight excluding hydrogens is 416 g/mol. The molecule has 0 aliphatic rings. The summed E-state index contributed by atoms with van der Waals surface area (Å²) in [6, 6.07) is 20.5. The maximum atomic E-state index is 11.4. The largest absolute Gasteiger partial charge is 0.507 e. The van der Waals surface area contributed by atoms with E-state index in [0.717, 1.165) is 71.2 Å². The van der Waals surface area contributed by atoms with Crippen LogP contribution in [0, 0.1) is 11.8 Å². The molecule has 0 amide bonds. The maximum Gasteiger partial charge on any atom is 0.131 e. The van der Waals surface area contributed by atoms with Crippen LogP contribution in [-0.4, -0.2) is 10.2 Å². The lowest BCUT2D eigenvalue weighted by molar-refractivity contribution is 0.473. The Labute approximate surface area is 204 Å². The summed E-state index contributed by atoms with van der Waals surface area (Å²) in [5, 5.41) is 26.8. The van der Waals surface area contributed by atoms with Crippen LogP contribution in [0.1, 0.15) is 64.5 Å². The molecule has 0 heterocycles. The van der Waals surface area contributed by atoms with Gasteiger partial charge in [0.2, 0.25) is 0 Å². The highest BCUT2D eigenvalue weighted by molar-refractivity contribution is 6.02. The van der Waals surface area contributed by atoms with Gasteiger partial charge in [-0.15, -0.1) is 0 Å². The molecule has 0 aliphatic heterocycles. The molecular formula is C32H38O2. The molecule has 4 aromatic carbocycles. The molecule has 178 valence electrons. The van der Waals surface area contributed by atoms with Crippen molar-refractivity contribution >= 4 is 21.5 Å². The monoisotopic (exact) mass is 454 g/mol. The number of aromatic hydroxyl groups is 2. The Morgan fingerprint density at radius 2 is 0.853 bits per heavy atom. The van der Waals surface area contributed by atoms with E-state index in [1.807, 2.05) is 36.4 Å². The van der Waals surface area contributed by atoms with E-state index >= 15 is 0 Å². The zero-order valence-electron chi connectivity index (χ0n) is 21.1. The minimum absolute atomic E-state index is 0.253. The van der Waals surface area contributed by atoms with Crippen LogP contribution in [0.3, 0.4) is 0 Å². The Morgan fingerprint density at radius 1 is 0.529 bits per heavy atom. The second-order valence-corrected chi connectivity index (χ2v) is 9.73. The predicted octanol–water partition coefficient (Wildman–Crippen LogP) is 9.03. The molecule has 0 radical (unpaired) electrons. The van der Waals surface area contributed by atoms with Crippen molar-refractivity contribution < 1.29 is 10.2 Å². The zero-order valence-corrected chi connectivity index (χ0v) is 21.1. The summed E-state index contributed by atoms with van der Waals surface area (Å²) in [4.78, 5) is 0. The molecule has 0 saturated carbocycles. The van der Waals surface area contributed by atoms with Crippen LogP contribution in [0.2, 0.25) is 0 Å². The van der Waals surface area contributed by atoms with E-state index in [2.05, 4.69) is 52.0 Å². The van der Waals surface area contributed by atoms with Crippen LogP contribution < -0.4 is 0 Å². The molecule has 4 rings (SSSR count). The molecule has 0 atom stereocenters. The van der Waals surface area contributed by atoms with Crippen LogP contribution in [0.4, 0.5) is 0 Å². The summed E-state index contributed by atoms with van der Waals surface area (Å²) in [6.07, 6.45) is 6.44. The molecule has 0 saturated heterocycles. The van der Waals surface area contributed by atoms with Gasteiger partial charge in [0, 0.05) is 21.9 Å². The van der Waals surface area contributed by atoms with Crippen molar-refractivity contribution in [2.75, 3.05) is 0 Å². The van der Waals surface area contributed by atoms with Gasteiger partial charge in [-0.05, 0) is 58.7 Å². The van der Waals surface area contributed by atoms with E-state index in [9.17, 15) is 10.2 Å². The van der Waals surface area contributed by atoms with Crippen molar-refractivity contribution in [3.05, 3.63) is 71.8 Å². The van der Waals surface area contributed by atoms with Gasteiger partial charge in [-0.3, -0.25) is 0 Å². The number of hydrogen-bond acceptors (Lipinski definition) is 2. The van der Waals surface area contributed by atoms with Gasteiger partial charge >= 0.3 is 0 Å². The molecule has 2 N–H and O–H groups in total. The number of phenols is 2. The maximum absolute atomic E-state index is 11.4. The standard InChI is InChI=1S/C32H38O2/c1-5-21(6-2)17-23-19-29(31(33)27-15-11-9-13-25(23)27)30-20-24(18-22(7-3)8-4)26-14-10-12-16-28(26)32(30)34/h9-16,19-22,33-34H,5-8,17-18H2,1-4H3. The Balaban J connectivity index is 1.98. The van der Waals surface area contributed by atoms with Gasteiger partial charge in [-0.25, -0.2) is 0 Å². The van der Waals surface area contributed by atoms with Crippen molar-refractivity contribution in [1.29, 1.82) is 0 Å². The number of phenolic OH excluding ortho intramolecular Hbond substituents is 2. The smallest absolute Gasteiger partial charge is 0.131 e. The van der Waals surface area contributed by atoms with Crippen molar-refractivity contribution in [2.24, 2.45) is 11.8 Å². The van der Waals surface area contributed by atoms with Crippen LogP contribution in [0.5, 0.6) is 11.5 Å². The summed E-state index contributed by atoms with van der Waals surface area (Å²) < 4.78 is 0. The highest BCUT2D eigenvalue weighted by Gasteiger charge is 2.20. The van der Waals surface area contributed by atoms with Gasteiger partial charge in [0.05, 0.1) is 0 Å². The fourth-order valence-corrected chi connectivity index (χ4v) is 5.40. The van der Waals surface area contributed by atoms with E-state index in [0.29, 0.717) is 11.8 Å². The van der Waals surface area contributed by atoms with Crippen molar-refractivity contribution in [3.8, 4) is 22.6 Å². The first kappa shape index (κ1) is 24.1. The van der Waals surface area contributed by atoms with E-state index < -0.39 is 0 Å². The molecule has 34 heavy (non-hydrogen) atoms. The van der Waals surface area contributed by atoms with Crippen molar-refractivity contribution in [2.45, 2.75) is 66.2 Å². The average Bonchev–Trinajstić information content (AvgIpc) is 2.88. The normalized spacial score (nSPS) is 11.8. The lowest BCUT2D eigenvalue weighted by atomic mass is 9.85. The molecule has 0 aromatic heterocycles. The number of hydrogen-bond donors (Lipinski definition) is 2. The molecule has 2 heteroatoms. The molecule has 0 unspecified atom stereocenters. The molecule has 0 fully saturated rings. The minimum atomic E-state index is 0.253. The van der Waals surface area contributed by atoms with Crippen LogP contribution in [0.25, 0.3) is 32.7 Å². The summed E-state index contributed by atoms with van der Waals surface area (Å²) in [5.74, 6) is 1.69. The van der Waals surface area contributed by atoms with Crippen molar-refractivity contribution in [1.82, 2.24) is 0 Å². The van der Waals surface area contributed by atoms with E-state index in [1.165, 1.54) is 11.1 Å². The van der Waals surface area contributed by atoms with E-state index in [4.69, 9.17) is 0 Å². The molecule has 0 aliphatic carbocycles. The van der Waals surface area contributed by atoms with Crippen LogP contribution >= 0.6 is 0 Å². The van der Waals surface area contributed by atoms with Crippen molar-refractivity contribution in [3.63, 3.8) is 0 Å². The van der Waals surface area contributed by atoms with Gasteiger partial charge < -0.3 is 10.2 Å². The molecule has 4 aromatic rings. The second-order valence-electron chi connectivity index (χ2n) is 9.73.